The SMILES string of the molecule is CSc1nc(C(=O)NC2CC2c2cccc(F)c2)c2ccccn12. The van der Waals surface area contributed by atoms with Crippen molar-refractivity contribution in [1.29, 1.82) is 0 Å². The third-order valence-corrected chi connectivity index (χ3v) is 4.95. The molecule has 6 heteroatoms. The van der Waals surface area contributed by atoms with E-state index in [1.54, 1.807) is 6.07 Å². The molecule has 2 atom stereocenters. The maximum atomic E-state index is 13.3. The Morgan fingerprint density at radius 2 is 2.21 bits per heavy atom. The molecule has 1 amide bonds. The van der Waals surface area contributed by atoms with E-state index < -0.39 is 0 Å². The number of imidazole rings is 1. The smallest absolute Gasteiger partial charge is 0.272 e. The molecular formula is C18H16FN3OS. The van der Waals surface area contributed by atoms with Crippen molar-refractivity contribution in [2.75, 3.05) is 6.26 Å². The van der Waals surface area contributed by atoms with Gasteiger partial charge in [0.1, 0.15) is 5.82 Å². The summed E-state index contributed by atoms with van der Waals surface area (Å²) in [6.07, 6.45) is 4.66. The number of carbonyl (C=O) groups excluding carboxylic acids is 1. The van der Waals surface area contributed by atoms with Crippen LogP contribution in [0.2, 0.25) is 0 Å². The minimum absolute atomic E-state index is 0.0393. The van der Waals surface area contributed by atoms with Gasteiger partial charge in [-0.15, -0.1) is 0 Å². The molecule has 1 saturated carbocycles. The summed E-state index contributed by atoms with van der Waals surface area (Å²) < 4.78 is 15.2. The minimum Gasteiger partial charge on any atom is -0.347 e. The van der Waals surface area contributed by atoms with Gasteiger partial charge in [0.25, 0.3) is 5.91 Å². The Bertz CT molecular complexity index is 924. The molecule has 0 bridgehead atoms. The Hall–Kier alpha value is -2.34. The van der Waals surface area contributed by atoms with Crippen molar-refractivity contribution in [2.24, 2.45) is 0 Å². The summed E-state index contributed by atoms with van der Waals surface area (Å²) >= 11 is 1.50. The lowest BCUT2D eigenvalue weighted by Gasteiger charge is -2.04. The van der Waals surface area contributed by atoms with Crippen molar-refractivity contribution in [1.82, 2.24) is 14.7 Å². The Morgan fingerprint density at radius 1 is 1.33 bits per heavy atom. The summed E-state index contributed by atoms with van der Waals surface area (Å²) in [6.45, 7) is 0. The Morgan fingerprint density at radius 3 is 3.00 bits per heavy atom. The van der Waals surface area contributed by atoms with Gasteiger partial charge in [-0.05, 0) is 42.5 Å². The fourth-order valence-electron chi connectivity index (χ4n) is 3.02. The number of pyridine rings is 1. The quantitative estimate of drug-likeness (QED) is 0.739. The second kappa shape index (κ2) is 5.94. The monoisotopic (exact) mass is 341 g/mol. The summed E-state index contributed by atoms with van der Waals surface area (Å²) in [4.78, 5) is 17.1. The largest absolute Gasteiger partial charge is 0.347 e. The zero-order valence-electron chi connectivity index (χ0n) is 13.1. The lowest BCUT2D eigenvalue weighted by molar-refractivity contribution is 0.0947. The Balaban J connectivity index is 1.54. The van der Waals surface area contributed by atoms with E-state index in [9.17, 15) is 9.18 Å². The molecule has 1 aliphatic carbocycles. The summed E-state index contributed by atoms with van der Waals surface area (Å²) in [7, 11) is 0. The molecule has 2 unspecified atom stereocenters. The molecule has 4 nitrogen and oxygen atoms in total. The summed E-state index contributed by atoms with van der Waals surface area (Å²) in [5.41, 5.74) is 2.16. The van der Waals surface area contributed by atoms with Gasteiger partial charge >= 0.3 is 0 Å². The van der Waals surface area contributed by atoms with Gasteiger partial charge in [-0.2, -0.15) is 0 Å². The van der Waals surface area contributed by atoms with Gasteiger partial charge in [0.05, 0.1) is 5.52 Å². The summed E-state index contributed by atoms with van der Waals surface area (Å²) in [6, 6.07) is 12.3. The molecule has 4 rings (SSSR count). The highest BCUT2D eigenvalue weighted by Gasteiger charge is 2.40. The van der Waals surface area contributed by atoms with Crippen molar-refractivity contribution in [2.45, 2.75) is 23.5 Å². The van der Waals surface area contributed by atoms with E-state index in [4.69, 9.17) is 0 Å². The van der Waals surface area contributed by atoms with Crippen LogP contribution >= 0.6 is 11.8 Å². The van der Waals surface area contributed by atoms with Gasteiger partial charge in [0.15, 0.2) is 10.9 Å². The van der Waals surface area contributed by atoms with Crippen LogP contribution in [0.25, 0.3) is 5.52 Å². The van der Waals surface area contributed by atoms with Crippen LogP contribution < -0.4 is 5.32 Å². The van der Waals surface area contributed by atoms with Crippen molar-refractivity contribution in [3.63, 3.8) is 0 Å². The number of nitrogens with one attached hydrogen (secondary N) is 1. The molecule has 1 fully saturated rings. The molecule has 2 heterocycles. The van der Waals surface area contributed by atoms with Crippen LogP contribution in [0.5, 0.6) is 0 Å². The van der Waals surface area contributed by atoms with Crippen LogP contribution in [0.15, 0.2) is 53.8 Å². The number of thioether (sulfide) groups is 1. The fourth-order valence-corrected chi connectivity index (χ4v) is 3.56. The predicted molar refractivity (Wildman–Crippen MR) is 92.0 cm³/mol. The van der Waals surface area contributed by atoms with Crippen LogP contribution in [0.3, 0.4) is 0 Å². The van der Waals surface area contributed by atoms with Crippen molar-refractivity contribution in [3.8, 4) is 0 Å². The zero-order valence-corrected chi connectivity index (χ0v) is 13.9. The number of aromatic nitrogens is 2. The maximum absolute atomic E-state index is 13.3. The van der Waals surface area contributed by atoms with Gasteiger partial charge in [0.2, 0.25) is 0 Å². The molecule has 3 aromatic rings. The summed E-state index contributed by atoms with van der Waals surface area (Å²) in [5, 5.41) is 3.81. The molecule has 1 aliphatic rings. The van der Waals surface area contributed by atoms with Crippen molar-refractivity contribution in [3.05, 3.63) is 65.7 Å². The van der Waals surface area contributed by atoms with Crippen LogP contribution in [0.1, 0.15) is 28.4 Å². The number of nitrogens with zero attached hydrogens (tertiary/aromatic N) is 2. The molecule has 1 N–H and O–H groups in total. The third kappa shape index (κ3) is 2.67. The maximum Gasteiger partial charge on any atom is 0.272 e. The minimum atomic E-state index is -0.241. The number of amides is 1. The first-order valence-corrected chi connectivity index (χ1v) is 8.97. The Kier molecular flexibility index (Phi) is 3.76. The standard InChI is InChI=1S/C18H16FN3OS/c1-24-18-21-16(15-7-2-3-8-22(15)18)17(23)20-14-10-13(14)11-5-4-6-12(19)9-11/h2-9,13-14H,10H2,1H3,(H,20,23). The van der Waals surface area contributed by atoms with E-state index in [-0.39, 0.29) is 23.7 Å². The average Bonchev–Trinajstić information content (AvgIpc) is 3.25. The molecule has 0 aliphatic heterocycles. The number of fused-ring (bicyclic) bond motifs is 1. The van der Waals surface area contributed by atoms with Gasteiger partial charge < -0.3 is 5.32 Å². The van der Waals surface area contributed by atoms with Crippen LogP contribution in [-0.2, 0) is 0 Å². The normalized spacial score (nSPS) is 19.4. The van der Waals surface area contributed by atoms with E-state index >= 15 is 0 Å². The topological polar surface area (TPSA) is 46.4 Å². The summed E-state index contributed by atoms with van der Waals surface area (Å²) in [5.74, 6) is -0.240. The first kappa shape index (κ1) is 15.2. The predicted octanol–water partition coefficient (Wildman–Crippen LogP) is 3.48. The highest BCUT2D eigenvalue weighted by Crippen LogP contribution is 2.41. The molecule has 0 spiro atoms. The molecule has 0 saturated heterocycles. The van der Waals surface area contributed by atoms with E-state index in [0.717, 1.165) is 22.7 Å². The third-order valence-electron chi connectivity index (χ3n) is 4.30. The van der Waals surface area contributed by atoms with Crippen LogP contribution in [0, 0.1) is 5.82 Å². The first-order chi connectivity index (χ1) is 11.7. The van der Waals surface area contributed by atoms with E-state index in [1.165, 1.54) is 23.9 Å². The first-order valence-electron chi connectivity index (χ1n) is 7.75. The highest BCUT2D eigenvalue weighted by atomic mass is 32.2. The molecule has 1 aromatic carbocycles. The van der Waals surface area contributed by atoms with Crippen molar-refractivity contribution < 1.29 is 9.18 Å². The number of carbonyl (C=O) groups is 1. The molecule has 24 heavy (non-hydrogen) atoms. The lowest BCUT2D eigenvalue weighted by atomic mass is 10.1. The highest BCUT2D eigenvalue weighted by molar-refractivity contribution is 7.98. The number of rotatable bonds is 4. The van der Waals surface area contributed by atoms with E-state index in [1.807, 2.05) is 41.1 Å². The molecule has 0 radical (unpaired) electrons. The molecule has 2 aromatic heterocycles. The lowest BCUT2D eigenvalue weighted by Crippen LogP contribution is -2.27. The van der Waals surface area contributed by atoms with Gasteiger partial charge in [-0.3, -0.25) is 9.20 Å². The molecule has 122 valence electrons. The zero-order chi connectivity index (χ0) is 16.7. The van der Waals surface area contributed by atoms with Gasteiger partial charge in [-0.25, -0.2) is 9.37 Å². The van der Waals surface area contributed by atoms with Crippen LogP contribution in [0.4, 0.5) is 4.39 Å². The number of hydrogen-bond acceptors (Lipinski definition) is 3. The average molecular weight is 341 g/mol. The van der Waals surface area contributed by atoms with E-state index in [0.29, 0.717) is 5.69 Å². The van der Waals surface area contributed by atoms with Crippen molar-refractivity contribution >= 4 is 23.2 Å². The van der Waals surface area contributed by atoms with Gasteiger partial charge in [-0.1, -0.05) is 30.0 Å². The second-order valence-corrected chi connectivity index (χ2v) is 6.65. The molecular weight excluding hydrogens is 325 g/mol. The number of benzene rings is 1. The number of hydrogen-bond donors (Lipinski definition) is 1. The van der Waals surface area contributed by atoms with Crippen LogP contribution in [-0.4, -0.2) is 27.6 Å². The second-order valence-electron chi connectivity index (χ2n) is 5.88. The van der Waals surface area contributed by atoms with Gasteiger partial charge in [0, 0.05) is 18.2 Å². The number of halogens is 1. The van der Waals surface area contributed by atoms with E-state index in [2.05, 4.69) is 10.3 Å². The Labute approximate surface area is 143 Å². The fraction of sp³-hybridized carbons (Fsp3) is 0.222.